The maximum Gasteiger partial charge on any atom is 0.253 e. The van der Waals surface area contributed by atoms with E-state index in [1.54, 1.807) is 7.11 Å². The number of hydrogen-bond donors (Lipinski definition) is 0. The lowest BCUT2D eigenvalue weighted by Gasteiger charge is -2.34. The molecule has 0 N–H and O–H groups in total. The van der Waals surface area contributed by atoms with Crippen LogP contribution in [0.3, 0.4) is 0 Å². The zero-order valence-corrected chi connectivity index (χ0v) is 15.2. The third kappa shape index (κ3) is 4.95. The van der Waals surface area contributed by atoms with Gasteiger partial charge in [0.1, 0.15) is 5.75 Å². The van der Waals surface area contributed by atoms with Crippen LogP contribution < -0.4 is 4.74 Å². The Labute approximate surface area is 145 Å². The Morgan fingerprint density at radius 3 is 2.54 bits per heavy atom. The van der Waals surface area contributed by atoms with Gasteiger partial charge in [-0.1, -0.05) is 20.3 Å². The quantitative estimate of drug-likeness (QED) is 0.686. The first-order valence-corrected chi connectivity index (χ1v) is 8.95. The van der Waals surface area contributed by atoms with Crippen molar-refractivity contribution >= 4 is 5.91 Å². The summed E-state index contributed by atoms with van der Waals surface area (Å²) in [5.74, 6) is 0.877. The third-order valence-electron chi connectivity index (χ3n) is 4.53. The average molecular weight is 334 g/mol. The highest BCUT2D eigenvalue weighted by molar-refractivity contribution is 5.94. The summed E-state index contributed by atoms with van der Waals surface area (Å²) in [5, 5.41) is 0. The monoisotopic (exact) mass is 334 g/mol. The molecule has 0 spiro atoms. The summed E-state index contributed by atoms with van der Waals surface area (Å²) in [6, 6.07) is 5.64. The molecule has 1 fully saturated rings. The fraction of sp³-hybridized carbons (Fsp3) is 0.632. The van der Waals surface area contributed by atoms with Crippen LogP contribution in [0.1, 0.15) is 42.6 Å². The van der Waals surface area contributed by atoms with E-state index < -0.39 is 0 Å². The minimum Gasteiger partial charge on any atom is -0.496 e. The van der Waals surface area contributed by atoms with Crippen LogP contribution in [0.2, 0.25) is 0 Å². The van der Waals surface area contributed by atoms with Crippen LogP contribution in [0.25, 0.3) is 0 Å². The van der Waals surface area contributed by atoms with E-state index in [9.17, 15) is 4.79 Å². The lowest BCUT2D eigenvalue weighted by atomic mass is 10.1. The van der Waals surface area contributed by atoms with E-state index in [-0.39, 0.29) is 5.91 Å². The number of unbranched alkanes of at least 4 members (excludes halogenated alkanes) is 1. The van der Waals surface area contributed by atoms with Gasteiger partial charge in [-0.3, -0.25) is 4.79 Å². The van der Waals surface area contributed by atoms with Gasteiger partial charge in [0, 0.05) is 43.9 Å². The molecule has 1 aliphatic heterocycles. The Bertz CT molecular complexity index is 525. The maximum absolute atomic E-state index is 12.7. The summed E-state index contributed by atoms with van der Waals surface area (Å²) in [4.78, 5) is 17.1. The molecule has 0 atom stereocenters. The summed E-state index contributed by atoms with van der Waals surface area (Å²) >= 11 is 0. The highest BCUT2D eigenvalue weighted by atomic mass is 16.5. The number of methoxy groups -OCH3 is 1. The zero-order valence-electron chi connectivity index (χ0n) is 15.2. The zero-order chi connectivity index (χ0) is 17.4. The highest BCUT2D eigenvalue weighted by Crippen LogP contribution is 2.22. The topological polar surface area (TPSA) is 42.0 Å². The molecule has 1 amide bonds. The Balaban J connectivity index is 2.02. The average Bonchev–Trinajstić information content (AvgIpc) is 2.64. The molecular weight excluding hydrogens is 304 g/mol. The largest absolute Gasteiger partial charge is 0.496 e. The Morgan fingerprint density at radius 2 is 1.92 bits per heavy atom. The van der Waals surface area contributed by atoms with Gasteiger partial charge in [0.05, 0.1) is 13.7 Å². The van der Waals surface area contributed by atoms with E-state index in [1.807, 2.05) is 23.1 Å². The van der Waals surface area contributed by atoms with Crippen LogP contribution in [0.5, 0.6) is 5.75 Å². The molecule has 5 nitrogen and oxygen atoms in total. The van der Waals surface area contributed by atoms with E-state index >= 15 is 0 Å². The van der Waals surface area contributed by atoms with Crippen molar-refractivity contribution in [2.45, 2.75) is 33.3 Å². The summed E-state index contributed by atoms with van der Waals surface area (Å²) < 4.78 is 11.1. The fourth-order valence-electron chi connectivity index (χ4n) is 2.90. The fourth-order valence-corrected chi connectivity index (χ4v) is 2.90. The number of nitrogens with zero attached hydrogens (tertiary/aromatic N) is 2. The Morgan fingerprint density at radius 1 is 1.17 bits per heavy atom. The number of carbonyl (C=O) groups excluding carboxylic acids is 1. The van der Waals surface area contributed by atoms with Crippen molar-refractivity contribution in [3.63, 3.8) is 0 Å². The molecule has 2 rings (SSSR count). The summed E-state index contributed by atoms with van der Waals surface area (Å²) in [6.45, 7) is 10.0. The van der Waals surface area contributed by atoms with Crippen molar-refractivity contribution in [1.29, 1.82) is 0 Å². The molecule has 1 aromatic rings. The smallest absolute Gasteiger partial charge is 0.253 e. The summed E-state index contributed by atoms with van der Waals surface area (Å²) in [5.41, 5.74) is 1.65. The number of piperazine rings is 1. The van der Waals surface area contributed by atoms with Crippen molar-refractivity contribution in [2.75, 3.05) is 46.4 Å². The number of likely N-dealkylation sites (N-methyl/N-ethyl adjacent to an activating group) is 1. The van der Waals surface area contributed by atoms with Crippen molar-refractivity contribution in [2.24, 2.45) is 0 Å². The maximum atomic E-state index is 12.7. The predicted molar refractivity (Wildman–Crippen MR) is 95.6 cm³/mol. The minimum absolute atomic E-state index is 0.100. The van der Waals surface area contributed by atoms with Gasteiger partial charge < -0.3 is 19.3 Å². The van der Waals surface area contributed by atoms with Crippen LogP contribution in [-0.2, 0) is 11.3 Å². The van der Waals surface area contributed by atoms with Gasteiger partial charge >= 0.3 is 0 Å². The van der Waals surface area contributed by atoms with E-state index in [1.165, 1.54) is 0 Å². The highest BCUT2D eigenvalue weighted by Gasteiger charge is 2.22. The second-order valence-corrected chi connectivity index (χ2v) is 6.16. The molecule has 1 aromatic carbocycles. The first-order chi connectivity index (χ1) is 11.7. The third-order valence-corrected chi connectivity index (χ3v) is 4.53. The summed E-state index contributed by atoms with van der Waals surface area (Å²) in [7, 11) is 1.65. The lowest BCUT2D eigenvalue weighted by molar-refractivity contribution is 0.0643. The molecule has 0 saturated carbocycles. The number of rotatable bonds is 8. The Kier molecular flexibility index (Phi) is 7.53. The minimum atomic E-state index is 0.100. The van der Waals surface area contributed by atoms with Gasteiger partial charge in [0.25, 0.3) is 5.91 Å². The molecule has 1 saturated heterocycles. The van der Waals surface area contributed by atoms with Gasteiger partial charge in [-0.05, 0) is 31.2 Å². The number of carbonyl (C=O) groups is 1. The van der Waals surface area contributed by atoms with Crippen molar-refractivity contribution < 1.29 is 14.3 Å². The van der Waals surface area contributed by atoms with Gasteiger partial charge in [-0.2, -0.15) is 0 Å². The second kappa shape index (κ2) is 9.64. The predicted octanol–water partition coefficient (Wildman–Crippen LogP) is 2.79. The molecule has 0 bridgehead atoms. The van der Waals surface area contributed by atoms with Crippen LogP contribution >= 0.6 is 0 Å². The van der Waals surface area contributed by atoms with Crippen LogP contribution in [-0.4, -0.2) is 62.1 Å². The molecular formula is C19H30N2O3. The first-order valence-electron chi connectivity index (χ1n) is 8.95. The van der Waals surface area contributed by atoms with E-state index in [0.29, 0.717) is 6.61 Å². The molecule has 134 valence electrons. The molecule has 0 aromatic heterocycles. The molecule has 5 heteroatoms. The normalized spacial score (nSPS) is 15.5. The van der Waals surface area contributed by atoms with E-state index in [2.05, 4.69) is 18.7 Å². The van der Waals surface area contributed by atoms with Gasteiger partial charge in [-0.15, -0.1) is 0 Å². The standard InChI is InChI=1S/C19H30N2O3/c1-4-6-13-24-15-17-14-16(7-8-18(17)23-3)19(22)21-11-9-20(5-2)10-12-21/h7-8,14H,4-6,9-13,15H2,1-3H3. The van der Waals surface area contributed by atoms with E-state index in [0.717, 1.165) is 69.0 Å². The summed E-state index contributed by atoms with van der Waals surface area (Å²) in [6.07, 6.45) is 2.15. The van der Waals surface area contributed by atoms with Gasteiger partial charge in [-0.25, -0.2) is 0 Å². The first kappa shape index (κ1) is 18.7. The number of amides is 1. The van der Waals surface area contributed by atoms with Crippen LogP contribution in [0.4, 0.5) is 0 Å². The molecule has 0 radical (unpaired) electrons. The number of hydrogen-bond acceptors (Lipinski definition) is 4. The van der Waals surface area contributed by atoms with Crippen molar-refractivity contribution in [3.8, 4) is 5.75 Å². The van der Waals surface area contributed by atoms with Gasteiger partial charge in [0.2, 0.25) is 0 Å². The molecule has 1 aliphatic rings. The molecule has 24 heavy (non-hydrogen) atoms. The Hall–Kier alpha value is -1.59. The van der Waals surface area contributed by atoms with Crippen molar-refractivity contribution in [1.82, 2.24) is 9.80 Å². The van der Waals surface area contributed by atoms with Crippen LogP contribution in [0.15, 0.2) is 18.2 Å². The van der Waals surface area contributed by atoms with Gasteiger partial charge in [0.15, 0.2) is 0 Å². The molecule has 0 unspecified atom stereocenters. The van der Waals surface area contributed by atoms with E-state index in [4.69, 9.17) is 9.47 Å². The van der Waals surface area contributed by atoms with Crippen molar-refractivity contribution in [3.05, 3.63) is 29.3 Å². The second-order valence-electron chi connectivity index (χ2n) is 6.16. The SMILES string of the molecule is CCCCOCc1cc(C(=O)N2CCN(CC)CC2)ccc1OC. The number of benzene rings is 1. The lowest BCUT2D eigenvalue weighted by Crippen LogP contribution is -2.48. The number of ether oxygens (including phenoxy) is 2. The molecule has 1 heterocycles. The molecule has 0 aliphatic carbocycles. The van der Waals surface area contributed by atoms with Crippen LogP contribution in [0, 0.1) is 0 Å².